The zero-order valence-electron chi connectivity index (χ0n) is 14.3. The highest BCUT2D eigenvalue weighted by molar-refractivity contribution is 5.46. The molecule has 2 aromatic rings. The predicted molar refractivity (Wildman–Crippen MR) is 90.5 cm³/mol. The van der Waals surface area contributed by atoms with Gasteiger partial charge in [0.25, 0.3) is 0 Å². The van der Waals surface area contributed by atoms with Gasteiger partial charge in [-0.3, -0.25) is 0 Å². The number of halogens is 1. The highest BCUT2D eigenvalue weighted by atomic mass is 19.1. The molecule has 0 spiro atoms. The number of ether oxygens (including phenoxy) is 2. The second-order valence-corrected chi connectivity index (χ2v) is 5.89. The van der Waals surface area contributed by atoms with Crippen LogP contribution in [0, 0.1) is 5.82 Å². The predicted octanol–water partition coefficient (Wildman–Crippen LogP) is 3.19. The number of hydrogen-bond acceptors (Lipinski definition) is 5. The van der Waals surface area contributed by atoms with Gasteiger partial charge in [0.15, 0.2) is 11.6 Å². The summed E-state index contributed by atoms with van der Waals surface area (Å²) >= 11 is 0. The molecule has 128 valence electrons. The molecule has 0 aliphatic carbocycles. The molecule has 24 heavy (non-hydrogen) atoms. The number of aryl methyl sites for hydroxylation is 1. The maximum atomic E-state index is 14.5. The third-order valence-corrected chi connectivity index (χ3v) is 4.51. The van der Waals surface area contributed by atoms with Crippen LogP contribution in [0.5, 0.6) is 11.5 Å². The Morgan fingerprint density at radius 1 is 1.17 bits per heavy atom. The number of nitrogens with zero attached hydrogens (tertiary/aromatic N) is 3. The van der Waals surface area contributed by atoms with E-state index in [9.17, 15) is 4.39 Å². The third-order valence-electron chi connectivity index (χ3n) is 4.51. The SMILES string of the molecule is CCc1ncnc(N2CCC(c3cc(OC)cc(OC)c3)C2)c1F. The van der Waals surface area contributed by atoms with Gasteiger partial charge in [-0.05, 0) is 30.5 Å². The Bertz CT molecular complexity index is 701. The second-order valence-electron chi connectivity index (χ2n) is 5.89. The zero-order valence-corrected chi connectivity index (χ0v) is 14.3. The van der Waals surface area contributed by atoms with Gasteiger partial charge in [-0.15, -0.1) is 0 Å². The molecular formula is C18H22FN3O2. The van der Waals surface area contributed by atoms with E-state index < -0.39 is 0 Å². The molecule has 1 atom stereocenters. The molecule has 0 amide bonds. The third kappa shape index (κ3) is 3.13. The topological polar surface area (TPSA) is 47.5 Å². The van der Waals surface area contributed by atoms with Crippen molar-refractivity contribution >= 4 is 5.82 Å². The first-order valence-corrected chi connectivity index (χ1v) is 8.13. The lowest BCUT2D eigenvalue weighted by molar-refractivity contribution is 0.393. The molecule has 1 unspecified atom stereocenters. The molecule has 1 aromatic heterocycles. The molecular weight excluding hydrogens is 309 g/mol. The van der Waals surface area contributed by atoms with Crippen LogP contribution < -0.4 is 14.4 Å². The average Bonchev–Trinajstić information content (AvgIpc) is 3.11. The van der Waals surface area contributed by atoms with E-state index >= 15 is 0 Å². The Morgan fingerprint density at radius 3 is 2.50 bits per heavy atom. The molecule has 1 aliphatic heterocycles. The lowest BCUT2D eigenvalue weighted by atomic mass is 9.98. The van der Waals surface area contributed by atoms with Crippen molar-refractivity contribution in [1.82, 2.24) is 9.97 Å². The maximum Gasteiger partial charge on any atom is 0.187 e. The minimum absolute atomic E-state index is 0.286. The molecule has 0 saturated carbocycles. The van der Waals surface area contributed by atoms with E-state index in [4.69, 9.17) is 9.47 Å². The summed E-state index contributed by atoms with van der Waals surface area (Å²) in [6.07, 6.45) is 2.94. The van der Waals surface area contributed by atoms with E-state index in [0.29, 0.717) is 24.5 Å². The number of aromatic nitrogens is 2. The Morgan fingerprint density at radius 2 is 1.88 bits per heavy atom. The number of rotatable bonds is 5. The molecule has 5 nitrogen and oxygen atoms in total. The Labute approximate surface area is 141 Å². The lowest BCUT2D eigenvalue weighted by Crippen LogP contribution is -2.22. The molecule has 1 saturated heterocycles. The minimum atomic E-state index is -0.302. The summed E-state index contributed by atoms with van der Waals surface area (Å²) in [5.74, 6) is 1.92. The molecule has 2 heterocycles. The van der Waals surface area contributed by atoms with Gasteiger partial charge < -0.3 is 14.4 Å². The summed E-state index contributed by atoms with van der Waals surface area (Å²) in [5.41, 5.74) is 1.60. The van der Waals surface area contributed by atoms with Crippen molar-refractivity contribution in [3.8, 4) is 11.5 Å². The molecule has 6 heteroatoms. The fourth-order valence-corrected chi connectivity index (χ4v) is 3.15. The van der Waals surface area contributed by atoms with Crippen molar-refractivity contribution < 1.29 is 13.9 Å². The Balaban J connectivity index is 1.83. The van der Waals surface area contributed by atoms with Gasteiger partial charge in [0.2, 0.25) is 0 Å². The van der Waals surface area contributed by atoms with E-state index in [1.165, 1.54) is 6.33 Å². The van der Waals surface area contributed by atoms with Gasteiger partial charge in [-0.2, -0.15) is 0 Å². The van der Waals surface area contributed by atoms with Gasteiger partial charge in [0, 0.05) is 25.1 Å². The Kier molecular flexibility index (Phi) is 4.83. The fraction of sp³-hybridized carbons (Fsp3) is 0.444. The summed E-state index contributed by atoms with van der Waals surface area (Å²) in [6.45, 7) is 3.37. The molecule has 1 aliphatic rings. The highest BCUT2D eigenvalue weighted by Crippen LogP contribution is 2.35. The van der Waals surface area contributed by atoms with E-state index in [0.717, 1.165) is 30.0 Å². The van der Waals surface area contributed by atoms with Crippen LogP contribution in [0.2, 0.25) is 0 Å². The number of anilines is 1. The lowest BCUT2D eigenvalue weighted by Gasteiger charge is -2.19. The van der Waals surface area contributed by atoms with Crippen molar-refractivity contribution in [2.45, 2.75) is 25.7 Å². The van der Waals surface area contributed by atoms with Crippen LogP contribution in [0.15, 0.2) is 24.5 Å². The van der Waals surface area contributed by atoms with Crippen molar-refractivity contribution in [1.29, 1.82) is 0 Å². The van der Waals surface area contributed by atoms with Gasteiger partial charge in [-0.1, -0.05) is 6.92 Å². The second kappa shape index (κ2) is 7.03. The summed E-state index contributed by atoms with van der Waals surface area (Å²) < 4.78 is 25.2. The van der Waals surface area contributed by atoms with Crippen LogP contribution in [0.3, 0.4) is 0 Å². The van der Waals surface area contributed by atoms with Gasteiger partial charge in [-0.25, -0.2) is 14.4 Å². The standard InChI is InChI=1S/C18H22FN3O2/c1-4-16-17(19)18(21-11-20-16)22-6-5-12(10-22)13-7-14(23-2)9-15(8-13)24-3/h7-9,11-12H,4-6,10H2,1-3H3. The quantitative estimate of drug-likeness (QED) is 0.842. The monoisotopic (exact) mass is 331 g/mol. The molecule has 3 rings (SSSR count). The first-order chi connectivity index (χ1) is 11.7. The zero-order chi connectivity index (χ0) is 17.1. The van der Waals surface area contributed by atoms with Gasteiger partial charge >= 0.3 is 0 Å². The summed E-state index contributed by atoms with van der Waals surface area (Å²) in [7, 11) is 3.28. The smallest absolute Gasteiger partial charge is 0.187 e. The number of methoxy groups -OCH3 is 2. The average molecular weight is 331 g/mol. The molecule has 0 radical (unpaired) electrons. The summed E-state index contributed by atoms with van der Waals surface area (Å²) in [6, 6.07) is 5.89. The van der Waals surface area contributed by atoms with Crippen LogP contribution in [0.1, 0.15) is 30.5 Å². The van der Waals surface area contributed by atoms with Crippen LogP contribution in [0.25, 0.3) is 0 Å². The van der Waals surface area contributed by atoms with Crippen molar-refractivity contribution in [3.63, 3.8) is 0 Å². The van der Waals surface area contributed by atoms with E-state index in [2.05, 4.69) is 9.97 Å². The first-order valence-electron chi connectivity index (χ1n) is 8.13. The van der Waals surface area contributed by atoms with Crippen LogP contribution >= 0.6 is 0 Å². The van der Waals surface area contributed by atoms with Crippen molar-refractivity contribution in [2.75, 3.05) is 32.2 Å². The minimum Gasteiger partial charge on any atom is -0.497 e. The van der Waals surface area contributed by atoms with Crippen LogP contribution in [-0.4, -0.2) is 37.3 Å². The van der Waals surface area contributed by atoms with Crippen LogP contribution in [0.4, 0.5) is 10.2 Å². The van der Waals surface area contributed by atoms with E-state index in [-0.39, 0.29) is 11.7 Å². The Hall–Kier alpha value is -2.37. The molecule has 1 fully saturated rings. The van der Waals surface area contributed by atoms with Gasteiger partial charge in [0.05, 0.1) is 19.9 Å². The summed E-state index contributed by atoms with van der Waals surface area (Å²) in [4.78, 5) is 10.2. The molecule has 0 bridgehead atoms. The highest BCUT2D eigenvalue weighted by Gasteiger charge is 2.28. The maximum absolute atomic E-state index is 14.5. The fourth-order valence-electron chi connectivity index (χ4n) is 3.15. The molecule has 0 N–H and O–H groups in total. The van der Waals surface area contributed by atoms with Gasteiger partial charge in [0.1, 0.15) is 17.8 Å². The largest absolute Gasteiger partial charge is 0.497 e. The van der Waals surface area contributed by atoms with Crippen molar-refractivity contribution in [3.05, 3.63) is 41.6 Å². The normalized spacial score (nSPS) is 17.2. The number of benzene rings is 1. The molecule has 1 aromatic carbocycles. The van der Waals surface area contributed by atoms with E-state index in [1.54, 1.807) is 14.2 Å². The number of hydrogen-bond donors (Lipinski definition) is 0. The first kappa shape index (κ1) is 16.5. The summed E-state index contributed by atoms with van der Waals surface area (Å²) in [5, 5.41) is 0. The van der Waals surface area contributed by atoms with Crippen molar-refractivity contribution in [2.24, 2.45) is 0 Å². The van der Waals surface area contributed by atoms with Crippen LogP contribution in [-0.2, 0) is 6.42 Å². The van der Waals surface area contributed by atoms with E-state index in [1.807, 2.05) is 30.0 Å².